The first-order valence-corrected chi connectivity index (χ1v) is 28.2. The SMILES string of the molecule is CC(C)(C)[Si](C)(C)OC[C@H]1O[C@@H](n2cnc3c2N=C(N)NC3(O)Cc2cc(OCCN=[N+]=[N-])ccc2[N+](=O)[O-])[C@H](O[Si](C)(C)C(C)(C)C)[C@@H]1O[Si](C)(C)C(C)(C)C. The second-order valence-corrected chi connectivity index (χ2v) is 34.0. The number of benzene rings is 1. The van der Waals surface area contributed by atoms with Crippen molar-refractivity contribution in [2.45, 2.75) is 153 Å². The first-order valence-electron chi connectivity index (χ1n) is 19.4. The van der Waals surface area contributed by atoms with Gasteiger partial charge in [-0.15, -0.1) is 0 Å². The number of imidazole rings is 1. The number of nitrogens with one attached hydrogen (secondary N) is 1. The summed E-state index contributed by atoms with van der Waals surface area (Å²) in [6.07, 6.45) is -1.30. The van der Waals surface area contributed by atoms with Gasteiger partial charge < -0.3 is 38.9 Å². The van der Waals surface area contributed by atoms with Crippen LogP contribution in [-0.2, 0) is 30.2 Å². The van der Waals surface area contributed by atoms with Crippen molar-refractivity contribution in [2.24, 2.45) is 15.8 Å². The number of aliphatic imine (C=N–C) groups is 1. The van der Waals surface area contributed by atoms with Crippen LogP contribution in [0.25, 0.3) is 10.4 Å². The van der Waals surface area contributed by atoms with Crippen molar-refractivity contribution in [3.05, 3.63) is 56.3 Å². The molecule has 0 radical (unpaired) electrons. The highest BCUT2D eigenvalue weighted by Crippen LogP contribution is 2.48. The van der Waals surface area contributed by atoms with Crippen LogP contribution >= 0.6 is 0 Å². The minimum atomic E-state index is -2.50. The van der Waals surface area contributed by atoms with Crippen LogP contribution in [0.4, 0.5) is 11.5 Å². The van der Waals surface area contributed by atoms with Crippen LogP contribution in [0.2, 0.25) is 54.4 Å². The first-order chi connectivity index (χ1) is 25.9. The highest BCUT2D eigenvalue weighted by atomic mass is 28.4. The molecule has 1 fully saturated rings. The van der Waals surface area contributed by atoms with Crippen LogP contribution < -0.4 is 15.8 Å². The first kappa shape index (κ1) is 46.4. The summed E-state index contributed by atoms with van der Waals surface area (Å²) in [6, 6.07) is 4.20. The number of rotatable bonds is 15. The van der Waals surface area contributed by atoms with Gasteiger partial charge in [0.05, 0.1) is 31.0 Å². The zero-order valence-corrected chi connectivity index (χ0v) is 39.5. The molecule has 20 heteroatoms. The summed E-state index contributed by atoms with van der Waals surface area (Å²) in [5.41, 5.74) is 13.0. The van der Waals surface area contributed by atoms with Crippen LogP contribution in [0.5, 0.6) is 5.75 Å². The molecular weight excluding hydrogens is 783 g/mol. The molecule has 2 aromatic rings. The summed E-state index contributed by atoms with van der Waals surface area (Å²) in [5, 5.41) is 30.5. The number of aliphatic hydroxyl groups is 1. The zero-order valence-electron chi connectivity index (χ0n) is 36.5. The predicted octanol–water partition coefficient (Wildman–Crippen LogP) is 8.12. The van der Waals surface area contributed by atoms with Crippen molar-refractivity contribution in [1.82, 2.24) is 14.9 Å². The minimum Gasteiger partial charge on any atom is -0.493 e. The molecule has 4 N–H and O–H groups in total. The molecule has 318 valence electrons. The van der Waals surface area contributed by atoms with Gasteiger partial charge in [-0.2, -0.15) is 4.99 Å². The van der Waals surface area contributed by atoms with E-state index in [1.54, 1.807) is 4.57 Å². The number of nitrogens with two attached hydrogens (primary N) is 1. The number of nitrogens with zero attached hydrogens (tertiary/aromatic N) is 7. The maximum Gasteiger partial charge on any atom is 0.273 e. The van der Waals surface area contributed by atoms with Gasteiger partial charge in [-0.05, 0) is 72.1 Å². The van der Waals surface area contributed by atoms with Crippen molar-refractivity contribution in [2.75, 3.05) is 19.8 Å². The number of nitro groups is 1. The fraction of sp³-hybridized carbons (Fsp3) is 0.730. The number of fused-ring (bicyclic) bond motifs is 1. The molecule has 1 aromatic carbocycles. The van der Waals surface area contributed by atoms with Crippen molar-refractivity contribution in [3.8, 4) is 5.75 Å². The lowest BCUT2D eigenvalue weighted by atomic mass is 9.96. The second-order valence-electron chi connectivity index (χ2n) is 19.7. The van der Waals surface area contributed by atoms with Gasteiger partial charge in [-0.25, -0.2) is 4.98 Å². The number of guanidine groups is 1. The van der Waals surface area contributed by atoms with Gasteiger partial charge in [0.25, 0.3) is 5.69 Å². The van der Waals surface area contributed by atoms with Gasteiger partial charge in [0.15, 0.2) is 48.7 Å². The minimum absolute atomic E-state index is 0.0440. The lowest BCUT2D eigenvalue weighted by Gasteiger charge is -2.44. The van der Waals surface area contributed by atoms with Crippen LogP contribution in [-0.4, -0.2) is 88.6 Å². The molecule has 1 aromatic heterocycles. The van der Waals surface area contributed by atoms with E-state index in [9.17, 15) is 15.2 Å². The van der Waals surface area contributed by atoms with Crippen LogP contribution in [0.15, 0.2) is 34.6 Å². The molecule has 0 aliphatic carbocycles. The topological polar surface area (TPSA) is 227 Å². The Morgan fingerprint density at radius 3 is 2.14 bits per heavy atom. The average Bonchev–Trinajstić information content (AvgIpc) is 3.61. The number of hydrogen-bond donors (Lipinski definition) is 3. The summed E-state index contributed by atoms with van der Waals surface area (Å²) in [4.78, 5) is 23.7. The summed E-state index contributed by atoms with van der Waals surface area (Å²) < 4.78 is 35.9. The van der Waals surface area contributed by atoms with E-state index in [-0.39, 0.29) is 70.0 Å². The van der Waals surface area contributed by atoms with Crippen molar-refractivity contribution >= 4 is 42.4 Å². The molecular formula is C37H65N9O8Si3. The zero-order chi connectivity index (χ0) is 43.2. The predicted molar refractivity (Wildman–Crippen MR) is 228 cm³/mol. The monoisotopic (exact) mass is 847 g/mol. The standard InChI is InChI=1S/C37H65N9O8Si3/c1-34(2,3)55(10,11)51-22-27-28(53-56(12,13)35(4,5)6)29(54-57(14,15)36(7,8)9)32(52-27)45-23-40-30-31(45)42-33(38)43-37(30,47)21-24-20-25(50-19-18-41-44-39)16-17-26(24)46(48)49/h16-17,20,23,27-29,32,47H,18-19,21-22H2,1-15H3,(H3,38,42,43)/t27-,28-,29-,32-,37?/m1/s1. The normalized spacial score (nSPS) is 23.3. The highest BCUT2D eigenvalue weighted by Gasteiger charge is 2.56. The maximum absolute atomic E-state index is 12.3. The molecule has 0 spiro atoms. The molecule has 2 aliphatic heterocycles. The third kappa shape index (κ3) is 10.1. The Hall–Kier alpha value is -3.34. The Bertz CT molecular complexity index is 1860. The second kappa shape index (κ2) is 16.4. The van der Waals surface area contributed by atoms with Crippen molar-refractivity contribution < 1.29 is 32.8 Å². The summed E-state index contributed by atoms with van der Waals surface area (Å²) in [7, 11) is -7.17. The molecule has 17 nitrogen and oxygen atoms in total. The van der Waals surface area contributed by atoms with Gasteiger partial charge >= 0.3 is 0 Å². The van der Waals surface area contributed by atoms with Crippen LogP contribution in [0.3, 0.4) is 0 Å². The smallest absolute Gasteiger partial charge is 0.273 e. The number of aromatic nitrogens is 2. The van der Waals surface area contributed by atoms with Gasteiger partial charge in [0.1, 0.15) is 29.8 Å². The van der Waals surface area contributed by atoms with Gasteiger partial charge in [-0.3, -0.25) is 14.7 Å². The lowest BCUT2D eigenvalue weighted by Crippen LogP contribution is -2.54. The van der Waals surface area contributed by atoms with E-state index in [1.165, 1.54) is 24.5 Å². The quantitative estimate of drug-likeness (QED) is 0.0295. The van der Waals surface area contributed by atoms with E-state index in [0.29, 0.717) is 5.75 Å². The van der Waals surface area contributed by atoms with Crippen molar-refractivity contribution in [3.63, 3.8) is 0 Å². The fourth-order valence-corrected chi connectivity index (χ4v) is 9.47. The Balaban J connectivity index is 1.85. The molecule has 2 aliphatic rings. The molecule has 0 bridgehead atoms. The number of azide groups is 1. The van der Waals surface area contributed by atoms with E-state index in [2.05, 4.69) is 127 Å². The maximum atomic E-state index is 12.3. The van der Waals surface area contributed by atoms with Crippen LogP contribution in [0.1, 0.15) is 79.8 Å². The molecule has 57 heavy (non-hydrogen) atoms. The van der Waals surface area contributed by atoms with Gasteiger partial charge in [0, 0.05) is 23.0 Å². The number of ether oxygens (including phenoxy) is 2. The molecule has 0 saturated carbocycles. The Labute approximate surface area is 340 Å². The van der Waals surface area contributed by atoms with Gasteiger partial charge in [-0.1, -0.05) is 67.4 Å². The van der Waals surface area contributed by atoms with E-state index < -0.39 is 60.1 Å². The number of hydrogen-bond acceptors (Lipinski definition) is 13. The summed E-state index contributed by atoms with van der Waals surface area (Å²) >= 11 is 0. The Kier molecular flexibility index (Phi) is 13.3. The molecule has 5 atom stereocenters. The van der Waals surface area contributed by atoms with Crippen LogP contribution in [0, 0.1) is 10.1 Å². The largest absolute Gasteiger partial charge is 0.493 e. The molecule has 1 saturated heterocycles. The third-order valence-electron chi connectivity index (χ3n) is 12.4. The Morgan fingerprint density at radius 1 is 1.02 bits per heavy atom. The third-order valence-corrected chi connectivity index (χ3v) is 25.8. The van der Waals surface area contributed by atoms with E-state index in [4.69, 9.17) is 34.0 Å². The highest BCUT2D eigenvalue weighted by molar-refractivity contribution is 6.75. The molecule has 3 heterocycles. The average molecular weight is 848 g/mol. The van der Waals surface area contributed by atoms with E-state index in [1.807, 2.05) is 0 Å². The van der Waals surface area contributed by atoms with Gasteiger partial charge in [0.2, 0.25) is 0 Å². The van der Waals surface area contributed by atoms with E-state index in [0.717, 1.165) is 0 Å². The summed E-state index contributed by atoms with van der Waals surface area (Å²) in [6.45, 7) is 33.4. The number of nitro benzene ring substituents is 1. The Morgan fingerprint density at radius 2 is 1.60 bits per heavy atom. The fourth-order valence-electron chi connectivity index (χ4n) is 5.86. The molecule has 0 amide bonds. The van der Waals surface area contributed by atoms with E-state index >= 15 is 0 Å². The molecule has 1 unspecified atom stereocenters. The lowest BCUT2D eigenvalue weighted by molar-refractivity contribution is -0.385. The summed E-state index contributed by atoms with van der Waals surface area (Å²) in [5.74, 6) is 0.381. The van der Waals surface area contributed by atoms with Crippen molar-refractivity contribution in [1.29, 1.82) is 0 Å². The molecule has 4 rings (SSSR count).